The maximum atomic E-state index is 4.41. The van der Waals surface area contributed by atoms with Crippen molar-refractivity contribution in [1.82, 2.24) is 0 Å². The van der Waals surface area contributed by atoms with Gasteiger partial charge < -0.3 is 0 Å². The minimum Gasteiger partial charge on any atom is -0.297 e. The van der Waals surface area contributed by atoms with E-state index in [2.05, 4.69) is 18.5 Å². The van der Waals surface area contributed by atoms with Gasteiger partial charge in [0.05, 0.1) is 0 Å². The second-order valence-corrected chi connectivity index (χ2v) is 4.18. The monoisotopic (exact) mass is 179 g/mol. The van der Waals surface area contributed by atoms with Gasteiger partial charge in [-0.15, -0.1) is 0 Å². The smallest absolute Gasteiger partial charge is 0.0276 e. The Hall–Kier alpha value is -0.590. The molecular weight excluding hydrogens is 158 g/mol. The van der Waals surface area contributed by atoms with Crippen LogP contribution in [-0.4, -0.2) is 12.8 Å². The number of hydrogen-bond acceptors (Lipinski definition) is 1. The van der Waals surface area contributed by atoms with Crippen LogP contribution in [0.3, 0.4) is 0 Å². The van der Waals surface area contributed by atoms with Gasteiger partial charge in [-0.1, -0.05) is 31.4 Å². The Morgan fingerprint density at radius 3 is 2.38 bits per heavy atom. The fourth-order valence-corrected chi connectivity index (χ4v) is 2.15. The molecule has 1 heteroatoms. The van der Waals surface area contributed by atoms with Crippen molar-refractivity contribution in [2.75, 3.05) is 7.05 Å². The molecule has 1 aliphatic rings. The summed E-state index contributed by atoms with van der Waals surface area (Å²) < 4.78 is 0. The number of allylic oxidation sites excluding steroid dienone is 1. The molecule has 0 radical (unpaired) electrons. The molecular formula is C12H21N. The first-order valence-corrected chi connectivity index (χ1v) is 5.34. The molecule has 1 nitrogen and oxygen atoms in total. The minimum absolute atomic E-state index is 0.760. The molecule has 0 aromatic rings. The summed E-state index contributed by atoms with van der Waals surface area (Å²) in [6.45, 7) is 6.05. The number of hydrogen-bond donors (Lipinski definition) is 0. The Morgan fingerprint density at radius 2 is 1.92 bits per heavy atom. The molecule has 1 fully saturated rings. The molecule has 0 unspecified atom stereocenters. The summed E-state index contributed by atoms with van der Waals surface area (Å²) in [5.41, 5.74) is 2.62. The molecule has 0 aliphatic heterocycles. The lowest BCUT2D eigenvalue weighted by Gasteiger charge is -2.23. The van der Waals surface area contributed by atoms with Crippen LogP contribution in [0.1, 0.15) is 45.4 Å². The third-order valence-electron chi connectivity index (χ3n) is 2.85. The molecule has 1 rings (SSSR count). The molecule has 0 aromatic heterocycles. The first-order chi connectivity index (χ1) is 6.24. The zero-order chi connectivity index (χ0) is 9.68. The van der Waals surface area contributed by atoms with Crippen molar-refractivity contribution in [1.29, 1.82) is 0 Å². The highest BCUT2D eigenvalue weighted by molar-refractivity contribution is 5.88. The Bertz CT molecular complexity index is 197. The molecule has 0 saturated heterocycles. The summed E-state index contributed by atoms with van der Waals surface area (Å²) in [7, 11) is 1.92. The zero-order valence-electron chi connectivity index (χ0n) is 8.97. The largest absolute Gasteiger partial charge is 0.297 e. The van der Waals surface area contributed by atoms with E-state index in [9.17, 15) is 0 Å². The highest BCUT2D eigenvalue weighted by Crippen LogP contribution is 2.26. The van der Waals surface area contributed by atoms with Crippen molar-refractivity contribution in [3.8, 4) is 0 Å². The summed E-state index contributed by atoms with van der Waals surface area (Å²) >= 11 is 0. The van der Waals surface area contributed by atoms with E-state index in [0.29, 0.717) is 0 Å². The topological polar surface area (TPSA) is 12.4 Å². The fraction of sp³-hybridized carbons (Fsp3) is 0.750. The summed E-state index contributed by atoms with van der Waals surface area (Å²) in [5.74, 6) is 0.760. The average Bonchev–Trinajstić information content (AvgIpc) is 2.15. The maximum absolute atomic E-state index is 4.41. The van der Waals surface area contributed by atoms with Crippen LogP contribution >= 0.6 is 0 Å². The maximum Gasteiger partial charge on any atom is 0.0276 e. The van der Waals surface area contributed by atoms with Crippen LogP contribution in [0, 0.1) is 5.92 Å². The molecule has 0 N–H and O–H groups in total. The lowest BCUT2D eigenvalue weighted by molar-refractivity contribution is 0.436. The third kappa shape index (κ3) is 3.33. The molecule has 0 amide bonds. The Morgan fingerprint density at radius 1 is 1.31 bits per heavy atom. The van der Waals surface area contributed by atoms with Gasteiger partial charge in [0.25, 0.3) is 0 Å². The van der Waals surface area contributed by atoms with E-state index in [1.165, 1.54) is 43.4 Å². The molecule has 0 aromatic carbocycles. The van der Waals surface area contributed by atoms with Gasteiger partial charge in [-0.05, 0) is 25.7 Å². The van der Waals surface area contributed by atoms with E-state index in [4.69, 9.17) is 0 Å². The van der Waals surface area contributed by atoms with Crippen molar-refractivity contribution in [2.24, 2.45) is 10.9 Å². The summed E-state index contributed by atoms with van der Waals surface area (Å²) in [4.78, 5) is 4.41. The van der Waals surface area contributed by atoms with E-state index >= 15 is 0 Å². The van der Waals surface area contributed by atoms with Gasteiger partial charge >= 0.3 is 0 Å². The van der Waals surface area contributed by atoms with Crippen LogP contribution in [0.2, 0.25) is 0 Å². The Labute approximate surface area is 82.0 Å². The molecule has 0 spiro atoms. The van der Waals surface area contributed by atoms with Crippen molar-refractivity contribution in [3.63, 3.8) is 0 Å². The molecule has 0 heterocycles. The first-order valence-electron chi connectivity index (χ1n) is 5.34. The highest BCUT2D eigenvalue weighted by Gasteiger charge is 2.18. The first kappa shape index (κ1) is 10.5. The zero-order valence-corrected chi connectivity index (χ0v) is 8.97. The molecule has 0 bridgehead atoms. The second-order valence-electron chi connectivity index (χ2n) is 4.18. The number of rotatable bonds is 3. The van der Waals surface area contributed by atoms with Gasteiger partial charge in [0.1, 0.15) is 0 Å². The second kappa shape index (κ2) is 5.21. The van der Waals surface area contributed by atoms with Crippen LogP contribution in [0.15, 0.2) is 17.1 Å². The SMILES string of the molecule is C=C(C)C/C(=N\C)C1CCCCC1. The van der Waals surface area contributed by atoms with E-state index in [1.54, 1.807) is 0 Å². The highest BCUT2D eigenvalue weighted by atomic mass is 14.7. The van der Waals surface area contributed by atoms with Crippen molar-refractivity contribution in [2.45, 2.75) is 45.4 Å². The van der Waals surface area contributed by atoms with Gasteiger partial charge in [-0.3, -0.25) is 4.99 Å². The number of aliphatic imine (C=N–C) groups is 1. The van der Waals surface area contributed by atoms with E-state index in [-0.39, 0.29) is 0 Å². The third-order valence-corrected chi connectivity index (χ3v) is 2.85. The van der Waals surface area contributed by atoms with Crippen LogP contribution < -0.4 is 0 Å². The normalized spacial score (nSPS) is 20.3. The molecule has 0 atom stereocenters. The van der Waals surface area contributed by atoms with E-state index in [1.807, 2.05) is 7.05 Å². The van der Waals surface area contributed by atoms with Crippen LogP contribution in [0.25, 0.3) is 0 Å². The fourth-order valence-electron chi connectivity index (χ4n) is 2.15. The predicted octanol–water partition coefficient (Wildman–Crippen LogP) is 3.60. The minimum atomic E-state index is 0.760. The van der Waals surface area contributed by atoms with E-state index in [0.717, 1.165) is 12.3 Å². The van der Waals surface area contributed by atoms with Crippen molar-refractivity contribution < 1.29 is 0 Å². The van der Waals surface area contributed by atoms with Crippen molar-refractivity contribution in [3.05, 3.63) is 12.2 Å². The molecule has 1 aliphatic carbocycles. The Balaban J connectivity index is 2.50. The van der Waals surface area contributed by atoms with Gasteiger partial charge in [0.2, 0.25) is 0 Å². The average molecular weight is 179 g/mol. The standard InChI is InChI=1S/C12H21N/c1-10(2)9-12(13-3)11-7-5-4-6-8-11/h11H,1,4-9H2,2-3H3/b13-12+. The predicted molar refractivity (Wildman–Crippen MR) is 59.4 cm³/mol. The summed E-state index contributed by atoms with van der Waals surface area (Å²) in [6, 6.07) is 0. The van der Waals surface area contributed by atoms with Gasteiger partial charge in [0.15, 0.2) is 0 Å². The van der Waals surface area contributed by atoms with E-state index < -0.39 is 0 Å². The molecule has 74 valence electrons. The molecule has 1 saturated carbocycles. The van der Waals surface area contributed by atoms with Gasteiger partial charge in [-0.2, -0.15) is 0 Å². The van der Waals surface area contributed by atoms with Crippen LogP contribution in [-0.2, 0) is 0 Å². The summed E-state index contributed by atoms with van der Waals surface area (Å²) in [5, 5.41) is 0. The number of nitrogens with zero attached hydrogens (tertiary/aromatic N) is 1. The molecule has 13 heavy (non-hydrogen) atoms. The van der Waals surface area contributed by atoms with Gasteiger partial charge in [0, 0.05) is 19.2 Å². The van der Waals surface area contributed by atoms with Crippen LogP contribution in [0.5, 0.6) is 0 Å². The quantitative estimate of drug-likeness (QED) is 0.463. The lowest BCUT2D eigenvalue weighted by Crippen LogP contribution is -2.18. The van der Waals surface area contributed by atoms with Crippen LogP contribution in [0.4, 0.5) is 0 Å². The summed E-state index contributed by atoms with van der Waals surface area (Å²) in [6.07, 6.45) is 7.90. The Kier molecular flexibility index (Phi) is 4.20. The van der Waals surface area contributed by atoms with Crippen molar-refractivity contribution >= 4 is 5.71 Å². The lowest BCUT2D eigenvalue weighted by atomic mass is 9.84. The van der Waals surface area contributed by atoms with Gasteiger partial charge in [-0.25, -0.2) is 0 Å².